The van der Waals surface area contributed by atoms with Crippen LogP contribution in [0.25, 0.3) is 0 Å². The Bertz CT molecular complexity index is 746. The molecule has 0 aliphatic carbocycles. The highest BCUT2D eigenvalue weighted by Crippen LogP contribution is 2.27. The molecule has 0 aromatic heterocycles. The van der Waals surface area contributed by atoms with E-state index in [-0.39, 0.29) is 30.2 Å². The van der Waals surface area contributed by atoms with Crippen LogP contribution in [-0.2, 0) is 16.0 Å². The van der Waals surface area contributed by atoms with Crippen LogP contribution in [0.5, 0.6) is 0 Å². The third kappa shape index (κ3) is 4.79. The van der Waals surface area contributed by atoms with Gasteiger partial charge in [0.1, 0.15) is 5.82 Å². The fourth-order valence-electron chi connectivity index (χ4n) is 3.39. The Balaban J connectivity index is 1.60. The fourth-order valence-corrected chi connectivity index (χ4v) is 4.61. The summed E-state index contributed by atoms with van der Waals surface area (Å²) in [6.07, 6.45) is -0.212. The number of nitrogens with one attached hydrogen (secondary N) is 1. The van der Waals surface area contributed by atoms with E-state index in [9.17, 15) is 22.8 Å². The van der Waals surface area contributed by atoms with Crippen LogP contribution in [0.2, 0.25) is 0 Å². The molecule has 1 aromatic rings. The maximum absolute atomic E-state index is 13.8. The average molecular weight is 416 g/mol. The Hall–Kier alpha value is -1.78. The summed E-state index contributed by atoms with van der Waals surface area (Å²) < 4.78 is 40.1. The lowest BCUT2D eigenvalue weighted by Crippen LogP contribution is -2.53. The number of piperazine rings is 1. The van der Waals surface area contributed by atoms with Gasteiger partial charge in [0.05, 0.1) is 0 Å². The number of benzene rings is 1. The molecule has 154 valence electrons. The lowest BCUT2D eigenvalue weighted by molar-refractivity contribution is -0.141. The van der Waals surface area contributed by atoms with Crippen molar-refractivity contribution in [3.05, 3.63) is 35.1 Å². The molecule has 2 aliphatic heterocycles. The largest absolute Gasteiger partial charge is 0.338 e. The summed E-state index contributed by atoms with van der Waals surface area (Å²) in [7, 11) is 0. The first-order valence-electron chi connectivity index (χ1n) is 9.16. The number of halogens is 3. The van der Waals surface area contributed by atoms with Gasteiger partial charge in [0.25, 0.3) is 5.91 Å². The van der Waals surface area contributed by atoms with Gasteiger partial charge < -0.3 is 20.9 Å². The second kappa shape index (κ2) is 9.15. The topological polar surface area (TPSA) is 78.7 Å². The monoisotopic (exact) mass is 416 g/mol. The predicted molar refractivity (Wildman–Crippen MR) is 100 cm³/mol. The van der Waals surface area contributed by atoms with Crippen molar-refractivity contribution in [2.75, 3.05) is 38.5 Å². The first kappa shape index (κ1) is 20.9. The predicted octanol–water partition coefficient (Wildman–Crippen LogP) is 0.697. The molecule has 2 aliphatic rings. The van der Waals surface area contributed by atoms with Crippen LogP contribution in [-0.4, -0.2) is 71.5 Å². The highest BCUT2D eigenvalue weighted by atomic mass is 32.2. The number of nitrogens with zero attached hydrogens (tertiary/aromatic N) is 2. The van der Waals surface area contributed by atoms with Crippen molar-refractivity contribution in [1.29, 1.82) is 0 Å². The van der Waals surface area contributed by atoms with E-state index in [2.05, 4.69) is 5.32 Å². The Morgan fingerprint density at radius 3 is 2.54 bits per heavy atom. The van der Waals surface area contributed by atoms with E-state index in [4.69, 9.17) is 5.73 Å². The fraction of sp³-hybridized carbons (Fsp3) is 0.556. The summed E-state index contributed by atoms with van der Waals surface area (Å²) >= 11 is 1.42. The van der Waals surface area contributed by atoms with Gasteiger partial charge in [-0.2, -0.15) is 0 Å². The van der Waals surface area contributed by atoms with E-state index in [0.29, 0.717) is 31.5 Å². The molecule has 0 bridgehead atoms. The summed E-state index contributed by atoms with van der Waals surface area (Å²) in [4.78, 5) is 28.7. The van der Waals surface area contributed by atoms with Gasteiger partial charge >= 0.3 is 0 Å². The van der Waals surface area contributed by atoms with Crippen LogP contribution < -0.4 is 11.1 Å². The maximum Gasteiger partial charge on any atom is 0.255 e. The van der Waals surface area contributed by atoms with Gasteiger partial charge in [-0.25, -0.2) is 13.2 Å². The molecule has 0 saturated carbocycles. The molecule has 3 rings (SSSR count). The smallest absolute Gasteiger partial charge is 0.255 e. The van der Waals surface area contributed by atoms with E-state index < -0.39 is 28.9 Å². The number of carbonyl (C=O) groups excluding carboxylic acids is 2. The lowest BCUT2D eigenvalue weighted by atomic mass is 10.0. The van der Waals surface area contributed by atoms with Gasteiger partial charge in [0, 0.05) is 57.0 Å². The van der Waals surface area contributed by atoms with Crippen molar-refractivity contribution in [2.24, 2.45) is 5.73 Å². The third-order valence-corrected chi connectivity index (χ3v) is 6.05. The first-order chi connectivity index (χ1) is 13.4. The van der Waals surface area contributed by atoms with Gasteiger partial charge in [-0.3, -0.25) is 9.59 Å². The zero-order valence-corrected chi connectivity index (χ0v) is 16.1. The SMILES string of the molecule is NC(CC(=O)N1CCSC1C(=O)N1CCNCC1)Cc1cc(F)c(F)cc1F. The van der Waals surface area contributed by atoms with E-state index in [0.717, 1.165) is 19.2 Å². The van der Waals surface area contributed by atoms with E-state index in [1.807, 2.05) is 0 Å². The molecule has 10 heteroatoms. The summed E-state index contributed by atoms with van der Waals surface area (Å²) in [5.41, 5.74) is 5.87. The molecule has 2 amide bonds. The van der Waals surface area contributed by atoms with Crippen molar-refractivity contribution in [1.82, 2.24) is 15.1 Å². The minimum absolute atomic E-state index is 0.0801. The zero-order chi connectivity index (χ0) is 20.3. The third-order valence-electron chi connectivity index (χ3n) is 4.86. The molecule has 2 atom stereocenters. The number of hydrogen-bond acceptors (Lipinski definition) is 5. The Labute approximate surface area is 165 Å². The molecule has 1 aromatic carbocycles. The highest BCUT2D eigenvalue weighted by molar-refractivity contribution is 8.00. The molecule has 28 heavy (non-hydrogen) atoms. The van der Waals surface area contributed by atoms with E-state index in [1.54, 1.807) is 4.90 Å². The van der Waals surface area contributed by atoms with E-state index >= 15 is 0 Å². The van der Waals surface area contributed by atoms with Crippen LogP contribution in [0.4, 0.5) is 13.2 Å². The van der Waals surface area contributed by atoms with Crippen molar-refractivity contribution >= 4 is 23.6 Å². The maximum atomic E-state index is 13.8. The number of amides is 2. The molecule has 3 N–H and O–H groups in total. The Morgan fingerprint density at radius 1 is 1.14 bits per heavy atom. The highest BCUT2D eigenvalue weighted by Gasteiger charge is 2.37. The number of nitrogens with two attached hydrogens (primary N) is 1. The van der Waals surface area contributed by atoms with E-state index in [1.165, 1.54) is 16.7 Å². The second-order valence-corrected chi connectivity index (χ2v) is 8.10. The lowest BCUT2D eigenvalue weighted by Gasteiger charge is -2.32. The molecular formula is C18H23F3N4O2S. The molecule has 2 unspecified atom stereocenters. The molecule has 0 spiro atoms. The standard InChI is InChI=1S/C18H23F3N4O2S/c19-13-10-15(21)14(20)8-11(13)7-12(22)9-16(26)25-5-6-28-18(25)17(27)24-3-1-23-2-4-24/h8,10,12,18,23H,1-7,9,22H2. The zero-order valence-electron chi connectivity index (χ0n) is 15.3. The van der Waals surface area contributed by atoms with Crippen molar-refractivity contribution in [2.45, 2.75) is 24.3 Å². The first-order valence-corrected chi connectivity index (χ1v) is 10.2. The van der Waals surface area contributed by atoms with Crippen molar-refractivity contribution < 1.29 is 22.8 Å². The quantitative estimate of drug-likeness (QED) is 0.691. The minimum Gasteiger partial charge on any atom is -0.338 e. The Morgan fingerprint density at radius 2 is 1.82 bits per heavy atom. The van der Waals surface area contributed by atoms with Crippen molar-refractivity contribution in [3.8, 4) is 0 Å². The van der Waals surface area contributed by atoms with Crippen LogP contribution in [0.15, 0.2) is 12.1 Å². The summed E-state index contributed by atoms with van der Waals surface area (Å²) in [6.45, 7) is 3.10. The minimum atomic E-state index is -1.27. The van der Waals surface area contributed by atoms with Crippen molar-refractivity contribution in [3.63, 3.8) is 0 Å². The normalized spacial score (nSPS) is 21.1. The van der Waals surface area contributed by atoms with Crippen LogP contribution in [0.3, 0.4) is 0 Å². The summed E-state index contributed by atoms with van der Waals surface area (Å²) in [6, 6.07) is 0.461. The number of rotatable bonds is 5. The number of hydrogen-bond donors (Lipinski definition) is 2. The second-order valence-electron chi connectivity index (χ2n) is 6.91. The molecule has 2 heterocycles. The number of carbonyl (C=O) groups is 2. The molecule has 2 saturated heterocycles. The van der Waals surface area contributed by atoms with Gasteiger partial charge in [0.2, 0.25) is 5.91 Å². The number of thioether (sulfide) groups is 1. The molecule has 0 radical (unpaired) electrons. The molecule has 6 nitrogen and oxygen atoms in total. The molecule has 2 fully saturated rings. The van der Waals surface area contributed by atoms with Crippen LogP contribution in [0, 0.1) is 17.5 Å². The van der Waals surface area contributed by atoms with Gasteiger partial charge in [-0.05, 0) is 18.1 Å². The van der Waals surface area contributed by atoms with Crippen LogP contribution >= 0.6 is 11.8 Å². The Kier molecular flexibility index (Phi) is 6.84. The van der Waals surface area contributed by atoms with Gasteiger partial charge in [-0.1, -0.05) is 0 Å². The van der Waals surface area contributed by atoms with Gasteiger partial charge in [-0.15, -0.1) is 11.8 Å². The summed E-state index contributed by atoms with van der Waals surface area (Å²) in [5.74, 6) is -3.06. The molecular weight excluding hydrogens is 393 g/mol. The summed E-state index contributed by atoms with van der Waals surface area (Å²) in [5, 5.41) is 2.61. The van der Waals surface area contributed by atoms with Gasteiger partial charge in [0.15, 0.2) is 17.0 Å². The average Bonchev–Trinajstić information content (AvgIpc) is 3.16. The van der Waals surface area contributed by atoms with Crippen LogP contribution in [0.1, 0.15) is 12.0 Å².